The summed E-state index contributed by atoms with van der Waals surface area (Å²) in [4.78, 5) is 36.0. The monoisotopic (exact) mass is 460 g/mol. The largest absolute Gasteiger partial charge is 0.466 e. The minimum absolute atomic E-state index is 0.0216. The molecule has 0 aliphatic heterocycles. The van der Waals surface area contributed by atoms with Crippen LogP contribution in [0, 0.1) is 5.92 Å². The summed E-state index contributed by atoms with van der Waals surface area (Å²) >= 11 is 0. The molecule has 0 saturated carbocycles. The average molecular weight is 461 g/mol. The first-order valence-corrected chi connectivity index (χ1v) is 11.6. The van der Waals surface area contributed by atoms with Crippen molar-refractivity contribution in [3.8, 4) is 0 Å². The Labute approximate surface area is 188 Å². The van der Waals surface area contributed by atoms with Crippen LogP contribution in [0.15, 0.2) is 59.5 Å². The summed E-state index contributed by atoms with van der Waals surface area (Å²) in [6.45, 7) is 2.92. The lowest BCUT2D eigenvalue weighted by Crippen LogP contribution is -2.41. The maximum Gasteiger partial charge on any atom is 0.311 e. The van der Waals surface area contributed by atoms with Gasteiger partial charge in [-0.25, -0.2) is 8.42 Å². The first kappa shape index (κ1) is 25.2. The molecule has 1 amide bonds. The number of hydrogen-bond acceptors (Lipinski definition) is 6. The van der Waals surface area contributed by atoms with Crippen molar-refractivity contribution < 1.29 is 27.5 Å². The van der Waals surface area contributed by atoms with Gasteiger partial charge in [0.25, 0.3) is 0 Å². The van der Waals surface area contributed by atoms with E-state index in [1.165, 1.54) is 38.2 Å². The van der Waals surface area contributed by atoms with E-state index in [9.17, 15) is 22.8 Å². The van der Waals surface area contributed by atoms with E-state index in [0.717, 1.165) is 9.87 Å². The topological polar surface area (TPSA) is 110 Å². The van der Waals surface area contributed by atoms with Crippen molar-refractivity contribution in [2.24, 2.45) is 5.92 Å². The first-order chi connectivity index (χ1) is 15.1. The summed E-state index contributed by atoms with van der Waals surface area (Å²) in [5, 5.41) is 2.63. The van der Waals surface area contributed by atoms with Crippen molar-refractivity contribution in [2.45, 2.75) is 25.2 Å². The van der Waals surface area contributed by atoms with Gasteiger partial charge in [-0.2, -0.15) is 4.31 Å². The number of carbonyl (C=O) groups is 3. The molecule has 2 rings (SSSR count). The summed E-state index contributed by atoms with van der Waals surface area (Å²) < 4.78 is 31.4. The average Bonchev–Trinajstić information content (AvgIpc) is 2.77. The molecule has 2 aromatic rings. The van der Waals surface area contributed by atoms with Crippen LogP contribution in [0.2, 0.25) is 0 Å². The van der Waals surface area contributed by atoms with Crippen molar-refractivity contribution >= 4 is 27.7 Å². The van der Waals surface area contributed by atoms with E-state index >= 15 is 0 Å². The summed E-state index contributed by atoms with van der Waals surface area (Å²) in [5.41, 5.74) is 1.32. The molecule has 0 aromatic heterocycles. The minimum atomic E-state index is -3.92. The number of ether oxygens (including phenoxy) is 1. The van der Waals surface area contributed by atoms with E-state index in [4.69, 9.17) is 4.74 Å². The number of carbonyl (C=O) groups excluding carboxylic acids is 3. The van der Waals surface area contributed by atoms with Gasteiger partial charge in [-0.15, -0.1) is 0 Å². The fourth-order valence-electron chi connectivity index (χ4n) is 3.02. The number of nitrogens with zero attached hydrogens (tertiary/aromatic N) is 1. The van der Waals surface area contributed by atoms with Gasteiger partial charge < -0.3 is 10.1 Å². The van der Waals surface area contributed by atoms with E-state index in [-0.39, 0.29) is 23.8 Å². The van der Waals surface area contributed by atoms with E-state index in [1.54, 1.807) is 6.92 Å². The highest BCUT2D eigenvalue weighted by atomic mass is 32.2. The van der Waals surface area contributed by atoms with Crippen LogP contribution in [0.4, 0.5) is 0 Å². The third kappa shape index (κ3) is 7.00. The van der Waals surface area contributed by atoms with E-state index in [1.807, 2.05) is 30.3 Å². The smallest absolute Gasteiger partial charge is 0.311 e. The molecule has 0 spiro atoms. The quantitative estimate of drug-likeness (QED) is 0.406. The van der Waals surface area contributed by atoms with Gasteiger partial charge in [0.2, 0.25) is 15.9 Å². The van der Waals surface area contributed by atoms with Crippen LogP contribution < -0.4 is 5.32 Å². The van der Waals surface area contributed by atoms with Crippen molar-refractivity contribution in [3.05, 3.63) is 65.7 Å². The van der Waals surface area contributed by atoms with Gasteiger partial charge in [0.15, 0.2) is 5.78 Å². The number of esters is 1. The van der Waals surface area contributed by atoms with Crippen LogP contribution in [0.1, 0.15) is 29.8 Å². The van der Waals surface area contributed by atoms with Gasteiger partial charge >= 0.3 is 5.97 Å². The zero-order chi connectivity index (χ0) is 23.7. The molecular weight excluding hydrogens is 432 g/mol. The number of likely N-dealkylation sites (N-methyl/N-ethyl adjacent to an activating group) is 1. The number of rotatable bonds is 11. The Morgan fingerprint density at radius 3 is 2.22 bits per heavy atom. The van der Waals surface area contributed by atoms with Gasteiger partial charge in [0, 0.05) is 19.2 Å². The highest BCUT2D eigenvalue weighted by Gasteiger charge is 2.25. The van der Waals surface area contributed by atoms with Gasteiger partial charge in [-0.05, 0) is 38.0 Å². The Hall–Kier alpha value is -3.04. The molecule has 0 aliphatic rings. The van der Waals surface area contributed by atoms with Crippen LogP contribution in [0.5, 0.6) is 0 Å². The maximum absolute atomic E-state index is 12.7. The number of benzene rings is 2. The second-order valence-electron chi connectivity index (χ2n) is 7.28. The van der Waals surface area contributed by atoms with Crippen molar-refractivity contribution in [2.75, 3.05) is 26.7 Å². The number of sulfonamides is 1. The second kappa shape index (κ2) is 11.5. The van der Waals surface area contributed by atoms with Crippen molar-refractivity contribution in [1.29, 1.82) is 0 Å². The molecule has 0 radical (unpaired) electrons. The van der Waals surface area contributed by atoms with Gasteiger partial charge in [-0.3, -0.25) is 14.4 Å². The van der Waals surface area contributed by atoms with Crippen LogP contribution in [-0.4, -0.2) is 57.1 Å². The molecule has 0 fully saturated rings. The standard InChI is InChI=1S/C23H28N2O6S/c1-4-31-23(28)20(14-18-8-6-5-7-9-18)15-24-22(27)16-25(3)32(29,30)21-12-10-19(11-13-21)17(2)26/h5-13,20H,4,14-16H2,1-3H3,(H,24,27). The zero-order valence-electron chi connectivity index (χ0n) is 18.4. The molecule has 0 bridgehead atoms. The summed E-state index contributed by atoms with van der Waals surface area (Å²) in [7, 11) is -2.63. The van der Waals surface area contributed by atoms with Crippen LogP contribution in [0.25, 0.3) is 0 Å². The Morgan fingerprint density at radius 1 is 1.03 bits per heavy atom. The van der Waals surface area contributed by atoms with Crippen LogP contribution in [-0.2, 0) is 30.8 Å². The number of hydrogen-bond donors (Lipinski definition) is 1. The molecule has 1 atom stereocenters. The Bertz CT molecular complexity index is 1040. The SMILES string of the molecule is CCOC(=O)C(CNC(=O)CN(C)S(=O)(=O)c1ccc(C(C)=O)cc1)Cc1ccccc1. The number of Topliss-reactive ketones (excluding diaryl/α,β-unsaturated/α-hetero) is 1. The number of amides is 1. The molecule has 1 N–H and O–H groups in total. The molecule has 0 saturated heterocycles. The molecule has 1 unspecified atom stereocenters. The first-order valence-electron chi connectivity index (χ1n) is 10.2. The Balaban J connectivity index is 2.00. The van der Waals surface area contributed by atoms with E-state index in [0.29, 0.717) is 12.0 Å². The van der Waals surface area contributed by atoms with Crippen LogP contribution >= 0.6 is 0 Å². The predicted molar refractivity (Wildman–Crippen MR) is 120 cm³/mol. The fraction of sp³-hybridized carbons (Fsp3) is 0.348. The lowest BCUT2D eigenvalue weighted by molar-refractivity contribution is -0.147. The molecule has 8 nitrogen and oxygen atoms in total. The van der Waals surface area contributed by atoms with Gasteiger partial charge in [-0.1, -0.05) is 42.5 Å². The zero-order valence-corrected chi connectivity index (χ0v) is 19.2. The Morgan fingerprint density at radius 2 is 1.66 bits per heavy atom. The fourth-order valence-corrected chi connectivity index (χ4v) is 4.15. The van der Waals surface area contributed by atoms with Crippen molar-refractivity contribution in [1.82, 2.24) is 9.62 Å². The molecule has 9 heteroatoms. The van der Waals surface area contributed by atoms with E-state index in [2.05, 4.69) is 5.32 Å². The molecule has 0 heterocycles. The molecule has 32 heavy (non-hydrogen) atoms. The third-order valence-electron chi connectivity index (χ3n) is 4.83. The maximum atomic E-state index is 12.7. The predicted octanol–water partition coefficient (Wildman–Crippen LogP) is 2.05. The lowest BCUT2D eigenvalue weighted by Gasteiger charge is -2.19. The lowest BCUT2D eigenvalue weighted by atomic mass is 9.99. The Kier molecular flexibility index (Phi) is 9.10. The highest BCUT2D eigenvalue weighted by Crippen LogP contribution is 2.15. The van der Waals surface area contributed by atoms with E-state index < -0.39 is 34.4 Å². The molecular formula is C23H28N2O6S. The van der Waals surface area contributed by atoms with Gasteiger partial charge in [0.05, 0.1) is 24.0 Å². The van der Waals surface area contributed by atoms with Gasteiger partial charge in [0.1, 0.15) is 0 Å². The number of ketones is 1. The minimum Gasteiger partial charge on any atom is -0.466 e. The number of nitrogens with one attached hydrogen (secondary N) is 1. The summed E-state index contributed by atoms with van der Waals surface area (Å²) in [5.74, 6) is -1.74. The van der Waals surface area contributed by atoms with Crippen LogP contribution in [0.3, 0.4) is 0 Å². The molecule has 0 aliphatic carbocycles. The third-order valence-corrected chi connectivity index (χ3v) is 6.64. The summed E-state index contributed by atoms with van der Waals surface area (Å²) in [6, 6.07) is 14.9. The van der Waals surface area contributed by atoms with Crippen molar-refractivity contribution in [3.63, 3.8) is 0 Å². The molecule has 2 aromatic carbocycles. The second-order valence-corrected chi connectivity index (χ2v) is 9.33. The highest BCUT2D eigenvalue weighted by molar-refractivity contribution is 7.89. The normalized spacial score (nSPS) is 12.2. The molecule has 172 valence electrons. The summed E-state index contributed by atoms with van der Waals surface area (Å²) in [6.07, 6.45) is 0.386.